The van der Waals surface area contributed by atoms with Crippen molar-refractivity contribution in [2.24, 2.45) is 5.92 Å². The number of aryl methyl sites for hydroxylation is 1. The van der Waals surface area contributed by atoms with Gasteiger partial charge in [-0.2, -0.15) is 4.31 Å². The lowest BCUT2D eigenvalue weighted by Crippen LogP contribution is -2.41. The molecule has 1 aromatic carbocycles. The van der Waals surface area contributed by atoms with Crippen molar-refractivity contribution in [1.82, 2.24) is 9.29 Å². The Morgan fingerprint density at radius 1 is 1.27 bits per heavy atom. The lowest BCUT2D eigenvalue weighted by Gasteiger charge is -2.30. The Labute approximate surface area is 166 Å². The van der Waals surface area contributed by atoms with E-state index in [1.165, 1.54) is 27.8 Å². The van der Waals surface area contributed by atoms with E-state index in [1.807, 2.05) is 6.92 Å². The number of nitrogens with one attached hydrogen (secondary N) is 1. The van der Waals surface area contributed by atoms with Gasteiger partial charge in [0.2, 0.25) is 15.9 Å². The number of nitrogens with zero attached hydrogens (tertiary/aromatic N) is 2. The number of halogens is 2. The molecule has 0 aliphatic carbocycles. The lowest BCUT2D eigenvalue weighted by atomic mass is 9.97. The van der Waals surface area contributed by atoms with Crippen LogP contribution in [0.25, 0.3) is 0 Å². The predicted octanol–water partition coefficient (Wildman–Crippen LogP) is 3.80. The summed E-state index contributed by atoms with van der Waals surface area (Å²) in [5.41, 5.74) is 0. The van der Waals surface area contributed by atoms with Crippen molar-refractivity contribution in [2.45, 2.75) is 24.7 Å². The minimum absolute atomic E-state index is 0.0792. The predicted molar refractivity (Wildman–Crippen MR) is 103 cm³/mol. The highest BCUT2D eigenvalue weighted by molar-refractivity contribution is 7.89. The Balaban J connectivity index is 1.67. The second kappa shape index (κ2) is 7.82. The summed E-state index contributed by atoms with van der Waals surface area (Å²) < 4.78 is 27.0. The molecule has 0 bridgehead atoms. The van der Waals surface area contributed by atoms with Crippen LogP contribution in [-0.2, 0) is 14.8 Å². The molecule has 10 heteroatoms. The van der Waals surface area contributed by atoms with E-state index in [2.05, 4.69) is 10.3 Å². The number of hydrogen-bond donors (Lipinski definition) is 1. The molecule has 0 spiro atoms. The molecule has 1 N–H and O–H groups in total. The van der Waals surface area contributed by atoms with Crippen molar-refractivity contribution < 1.29 is 13.2 Å². The van der Waals surface area contributed by atoms with E-state index in [4.69, 9.17) is 23.2 Å². The van der Waals surface area contributed by atoms with Gasteiger partial charge < -0.3 is 5.32 Å². The number of amides is 1. The zero-order valence-corrected chi connectivity index (χ0v) is 17.1. The van der Waals surface area contributed by atoms with Gasteiger partial charge in [0.25, 0.3) is 0 Å². The van der Waals surface area contributed by atoms with E-state index in [0.29, 0.717) is 18.0 Å². The topological polar surface area (TPSA) is 79.4 Å². The minimum atomic E-state index is -3.80. The third-order valence-corrected chi connectivity index (χ3v) is 7.88. The Hall–Kier alpha value is -1.19. The van der Waals surface area contributed by atoms with E-state index in [9.17, 15) is 13.2 Å². The van der Waals surface area contributed by atoms with Gasteiger partial charge in [-0.05, 0) is 31.9 Å². The fraction of sp³-hybridized carbons (Fsp3) is 0.375. The standard InChI is InChI=1S/C16H17Cl2N3O3S2/c1-10-9-19-16(25-10)20-15(22)11-5-7-21(8-6-11)26(23,24)14-12(17)3-2-4-13(14)18/h2-4,9,11H,5-8H2,1H3,(H,19,20,22). The van der Waals surface area contributed by atoms with Crippen molar-refractivity contribution in [3.05, 3.63) is 39.3 Å². The largest absolute Gasteiger partial charge is 0.302 e. The maximum Gasteiger partial charge on any atom is 0.246 e. The molecule has 140 valence electrons. The van der Waals surface area contributed by atoms with E-state index >= 15 is 0 Å². The summed E-state index contributed by atoms with van der Waals surface area (Å²) in [6.07, 6.45) is 2.55. The maximum atomic E-state index is 12.8. The Kier molecular flexibility index (Phi) is 5.88. The van der Waals surface area contributed by atoms with Crippen molar-refractivity contribution in [3.8, 4) is 0 Å². The highest BCUT2D eigenvalue weighted by Crippen LogP contribution is 2.33. The van der Waals surface area contributed by atoms with E-state index in [0.717, 1.165) is 4.88 Å². The van der Waals surface area contributed by atoms with Crippen LogP contribution in [0.5, 0.6) is 0 Å². The smallest absolute Gasteiger partial charge is 0.246 e. The van der Waals surface area contributed by atoms with Gasteiger partial charge in [-0.25, -0.2) is 13.4 Å². The number of benzene rings is 1. The first-order chi connectivity index (χ1) is 12.3. The van der Waals surface area contributed by atoms with Gasteiger partial charge in [0.15, 0.2) is 5.13 Å². The van der Waals surface area contributed by atoms with Gasteiger partial charge in [0.05, 0.1) is 10.0 Å². The molecular formula is C16H17Cl2N3O3S2. The molecule has 2 aromatic rings. The zero-order valence-electron chi connectivity index (χ0n) is 13.9. The Morgan fingerprint density at radius 2 is 1.88 bits per heavy atom. The van der Waals surface area contributed by atoms with Crippen molar-refractivity contribution in [1.29, 1.82) is 0 Å². The van der Waals surface area contributed by atoms with Crippen LogP contribution >= 0.6 is 34.5 Å². The number of carbonyl (C=O) groups excluding carboxylic acids is 1. The molecule has 0 radical (unpaired) electrons. The molecule has 1 fully saturated rings. The van der Waals surface area contributed by atoms with Crippen LogP contribution in [0.15, 0.2) is 29.3 Å². The van der Waals surface area contributed by atoms with Gasteiger partial charge in [-0.15, -0.1) is 11.3 Å². The number of piperidine rings is 1. The summed E-state index contributed by atoms with van der Waals surface area (Å²) in [4.78, 5) is 17.4. The van der Waals surface area contributed by atoms with Crippen LogP contribution in [0.3, 0.4) is 0 Å². The molecular weight excluding hydrogens is 417 g/mol. The summed E-state index contributed by atoms with van der Waals surface area (Å²) in [7, 11) is -3.80. The number of sulfonamides is 1. The molecule has 0 atom stereocenters. The Morgan fingerprint density at radius 3 is 2.42 bits per heavy atom. The maximum absolute atomic E-state index is 12.8. The molecule has 2 heterocycles. The van der Waals surface area contributed by atoms with Crippen LogP contribution < -0.4 is 5.32 Å². The highest BCUT2D eigenvalue weighted by Gasteiger charge is 2.34. The van der Waals surface area contributed by atoms with Gasteiger partial charge in [0.1, 0.15) is 4.90 Å². The molecule has 1 aromatic heterocycles. The van der Waals surface area contributed by atoms with Crippen molar-refractivity contribution in [2.75, 3.05) is 18.4 Å². The van der Waals surface area contributed by atoms with Gasteiger partial charge in [-0.3, -0.25) is 4.79 Å². The summed E-state index contributed by atoms with van der Waals surface area (Å²) >= 11 is 13.5. The summed E-state index contributed by atoms with van der Waals surface area (Å²) in [5, 5.41) is 3.54. The van der Waals surface area contributed by atoms with E-state index in [1.54, 1.807) is 12.3 Å². The Bertz CT molecular complexity index is 902. The summed E-state index contributed by atoms with van der Waals surface area (Å²) in [5.74, 6) is -0.389. The third-order valence-electron chi connectivity index (χ3n) is 4.19. The second-order valence-electron chi connectivity index (χ2n) is 5.99. The third kappa shape index (κ3) is 4.04. The van der Waals surface area contributed by atoms with Crippen molar-refractivity contribution in [3.63, 3.8) is 0 Å². The van der Waals surface area contributed by atoms with Gasteiger partial charge in [-0.1, -0.05) is 29.3 Å². The first kappa shape index (κ1) is 19.6. The molecule has 6 nitrogen and oxygen atoms in total. The molecule has 1 aliphatic rings. The highest BCUT2D eigenvalue weighted by atomic mass is 35.5. The molecule has 0 unspecified atom stereocenters. The minimum Gasteiger partial charge on any atom is -0.302 e. The fourth-order valence-corrected chi connectivity index (χ4v) is 6.06. The molecule has 1 aliphatic heterocycles. The van der Waals surface area contributed by atoms with Crippen LogP contribution in [-0.4, -0.2) is 36.7 Å². The summed E-state index contributed by atoms with van der Waals surface area (Å²) in [6.45, 7) is 2.38. The first-order valence-corrected chi connectivity index (χ1v) is 11.0. The van der Waals surface area contributed by atoms with E-state index in [-0.39, 0.29) is 39.9 Å². The quantitative estimate of drug-likeness (QED) is 0.794. The van der Waals surface area contributed by atoms with Crippen LogP contribution in [0.1, 0.15) is 17.7 Å². The average Bonchev–Trinajstić information content (AvgIpc) is 2.99. The lowest BCUT2D eigenvalue weighted by molar-refractivity contribution is -0.120. The average molecular weight is 434 g/mol. The first-order valence-electron chi connectivity index (χ1n) is 7.96. The number of rotatable bonds is 4. The number of carbonyl (C=O) groups is 1. The second-order valence-corrected chi connectivity index (χ2v) is 9.92. The fourth-order valence-electron chi connectivity index (χ4n) is 2.84. The molecule has 26 heavy (non-hydrogen) atoms. The summed E-state index contributed by atoms with van der Waals surface area (Å²) in [6, 6.07) is 4.59. The van der Waals surface area contributed by atoms with Crippen LogP contribution in [0.4, 0.5) is 5.13 Å². The molecule has 1 amide bonds. The van der Waals surface area contributed by atoms with Gasteiger partial charge in [0, 0.05) is 30.1 Å². The molecule has 3 rings (SSSR count). The van der Waals surface area contributed by atoms with Gasteiger partial charge >= 0.3 is 0 Å². The SMILES string of the molecule is Cc1cnc(NC(=O)C2CCN(S(=O)(=O)c3c(Cl)cccc3Cl)CC2)s1. The number of hydrogen-bond acceptors (Lipinski definition) is 5. The van der Waals surface area contributed by atoms with Crippen molar-refractivity contribution >= 4 is 55.6 Å². The normalized spacial score (nSPS) is 16.6. The molecule has 1 saturated heterocycles. The van der Waals surface area contributed by atoms with Crippen LogP contribution in [0.2, 0.25) is 10.0 Å². The number of aromatic nitrogens is 1. The number of anilines is 1. The zero-order chi connectivity index (χ0) is 18.9. The molecule has 0 saturated carbocycles. The monoisotopic (exact) mass is 433 g/mol. The van der Waals surface area contributed by atoms with Crippen LogP contribution in [0, 0.1) is 12.8 Å². The number of thiazole rings is 1. The van der Waals surface area contributed by atoms with E-state index < -0.39 is 10.0 Å².